The number of aromatic nitrogens is 2. The summed E-state index contributed by atoms with van der Waals surface area (Å²) in [6, 6.07) is 1.64. The molecule has 7 heteroatoms. The number of nitrogens with zero attached hydrogens (tertiary/aromatic N) is 3. The summed E-state index contributed by atoms with van der Waals surface area (Å²) < 4.78 is 4.86. The summed E-state index contributed by atoms with van der Waals surface area (Å²) in [5, 5.41) is 5.85. The zero-order chi connectivity index (χ0) is 14.1. The highest BCUT2D eigenvalue weighted by Crippen LogP contribution is 2.03. The normalized spacial score (nSPS) is 10.5. The smallest absolute Gasteiger partial charge is 0.270 e. The average molecular weight is 267 g/mol. The summed E-state index contributed by atoms with van der Waals surface area (Å²) in [5.74, 6) is 0.420. The van der Waals surface area contributed by atoms with Gasteiger partial charge in [0.25, 0.3) is 5.91 Å². The Morgan fingerprint density at radius 2 is 2.16 bits per heavy atom. The molecule has 1 amide bonds. The van der Waals surface area contributed by atoms with E-state index in [9.17, 15) is 4.79 Å². The largest absolute Gasteiger partial charge is 0.383 e. The molecule has 1 aromatic heterocycles. The molecule has 0 bridgehead atoms. The Balaban J connectivity index is 2.48. The Morgan fingerprint density at radius 1 is 1.37 bits per heavy atom. The second-order valence-electron chi connectivity index (χ2n) is 4.27. The number of carbonyl (C=O) groups is 1. The molecule has 106 valence electrons. The fourth-order valence-electron chi connectivity index (χ4n) is 1.34. The van der Waals surface area contributed by atoms with E-state index in [1.807, 2.05) is 14.1 Å². The van der Waals surface area contributed by atoms with Crippen LogP contribution >= 0.6 is 0 Å². The Morgan fingerprint density at radius 3 is 2.84 bits per heavy atom. The number of anilines is 1. The lowest BCUT2D eigenvalue weighted by molar-refractivity contribution is 0.0932. The van der Waals surface area contributed by atoms with Gasteiger partial charge in [0.15, 0.2) is 0 Å². The van der Waals surface area contributed by atoms with Gasteiger partial charge >= 0.3 is 0 Å². The second kappa shape index (κ2) is 8.39. The van der Waals surface area contributed by atoms with Crippen molar-refractivity contribution in [3.05, 3.63) is 18.1 Å². The molecule has 0 aliphatic carbocycles. The molecule has 0 aromatic carbocycles. The molecule has 0 spiro atoms. The highest BCUT2D eigenvalue weighted by molar-refractivity contribution is 5.92. The van der Waals surface area contributed by atoms with Crippen molar-refractivity contribution in [3.8, 4) is 0 Å². The fraction of sp³-hybridized carbons (Fsp3) is 0.583. The maximum absolute atomic E-state index is 11.8. The quantitative estimate of drug-likeness (QED) is 0.636. The Kier molecular flexibility index (Phi) is 6.76. The van der Waals surface area contributed by atoms with E-state index in [0.717, 1.165) is 13.1 Å². The van der Waals surface area contributed by atoms with Crippen molar-refractivity contribution >= 4 is 11.7 Å². The molecule has 0 aliphatic rings. The summed E-state index contributed by atoms with van der Waals surface area (Å²) in [6.07, 6.45) is 1.38. The monoisotopic (exact) mass is 267 g/mol. The molecule has 1 aromatic rings. The molecular formula is C12H21N5O2. The summed E-state index contributed by atoms with van der Waals surface area (Å²) in [7, 11) is 5.58. The van der Waals surface area contributed by atoms with Gasteiger partial charge in [-0.05, 0) is 14.1 Å². The van der Waals surface area contributed by atoms with E-state index in [1.54, 1.807) is 13.2 Å². The molecule has 2 N–H and O–H groups in total. The van der Waals surface area contributed by atoms with Crippen molar-refractivity contribution in [2.24, 2.45) is 0 Å². The van der Waals surface area contributed by atoms with Crippen LogP contribution in [0.1, 0.15) is 10.5 Å². The zero-order valence-corrected chi connectivity index (χ0v) is 11.6. The number of hydrogen-bond donors (Lipinski definition) is 2. The topological polar surface area (TPSA) is 79.4 Å². The molecule has 1 rings (SSSR count). The second-order valence-corrected chi connectivity index (χ2v) is 4.27. The van der Waals surface area contributed by atoms with Crippen molar-refractivity contribution in [3.63, 3.8) is 0 Å². The van der Waals surface area contributed by atoms with Crippen molar-refractivity contribution in [2.75, 3.05) is 52.8 Å². The van der Waals surface area contributed by atoms with Gasteiger partial charge in [-0.25, -0.2) is 9.97 Å². The minimum Gasteiger partial charge on any atom is -0.383 e. The van der Waals surface area contributed by atoms with Gasteiger partial charge in [-0.1, -0.05) is 0 Å². The molecule has 19 heavy (non-hydrogen) atoms. The molecule has 0 saturated carbocycles. The van der Waals surface area contributed by atoms with Crippen LogP contribution in [0.5, 0.6) is 0 Å². The van der Waals surface area contributed by atoms with E-state index in [0.29, 0.717) is 24.7 Å². The number of nitrogens with one attached hydrogen (secondary N) is 2. The van der Waals surface area contributed by atoms with E-state index >= 15 is 0 Å². The molecule has 7 nitrogen and oxygen atoms in total. The predicted octanol–water partition coefficient (Wildman–Crippen LogP) is -0.174. The van der Waals surface area contributed by atoms with E-state index < -0.39 is 0 Å². The Bertz CT molecular complexity index is 397. The third-order valence-corrected chi connectivity index (χ3v) is 2.36. The summed E-state index contributed by atoms with van der Waals surface area (Å²) >= 11 is 0. The van der Waals surface area contributed by atoms with Gasteiger partial charge in [-0.2, -0.15) is 0 Å². The van der Waals surface area contributed by atoms with Gasteiger partial charge in [-0.15, -0.1) is 0 Å². The van der Waals surface area contributed by atoms with Crippen molar-refractivity contribution in [1.29, 1.82) is 0 Å². The van der Waals surface area contributed by atoms with Crippen LogP contribution in [0.3, 0.4) is 0 Å². The van der Waals surface area contributed by atoms with Gasteiger partial charge in [0, 0.05) is 32.8 Å². The first-order valence-electron chi connectivity index (χ1n) is 6.11. The molecule has 0 radical (unpaired) electrons. The number of methoxy groups -OCH3 is 1. The molecule has 0 fully saturated rings. The Hall–Kier alpha value is -1.73. The minimum absolute atomic E-state index is 0.227. The maximum atomic E-state index is 11.8. The number of carbonyl (C=O) groups excluding carboxylic acids is 1. The average Bonchev–Trinajstić information content (AvgIpc) is 2.39. The highest BCUT2D eigenvalue weighted by atomic mass is 16.5. The van der Waals surface area contributed by atoms with Crippen LogP contribution in [0.2, 0.25) is 0 Å². The van der Waals surface area contributed by atoms with E-state index in [4.69, 9.17) is 4.74 Å². The van der Waals surface area contributed by atoms with Gasteiger partial charge < -0.3 is 20.3 Å². The van der Waals surface area contributed by atoms with Gasteiger partial charge in [-0.3, -0.25) is 4.79 Å². The van der Waals surface area contributed by atoms with Crippen molar-refractivity contribution < 1.29 is 9.53 Å². The molecule has 0 atom stereocenters. The molecule has 1 heterocycles. The predicted molar refractivity (Wildman–Crippen MR) is 73.3 cm³/mol. The standard InChI is InChI=1S/C12H21N5O2/c1-17(2)6-4-13-11-8-10(15-9-16-11)12(18)14-5-7-19-3/h8-9H,4-7H2,1-3H3,(H,14,18)(H,13,15,16). The van der Waals surface area contributed by atoms with Crippen molar-refractivity contribution in [2.45, 2.75) is 0 Å². The molecule has 0 saturated heterocycles. The van der Waals surface area contributed by atoms with Crippen LogP contribution in [0.4, 0.5) is 5.82 Å². The lowest BCUT2D eigenvalue weighted by Gasteiger charge is -2.11. The lowest BCUT2D eigenvalue weighted by atomic mass is 10.3. The van der Waals surface area contributed by atoms with Crippen LogP contribution in [0.15, 0.2) is 12.4 Å². The number of hydrogen-bond acceptors (Lipinski definition) is 6. The summed E-state index contributed by atoms with van der Waals surface area (Å²) in [4.78, 5) is 21.8. The number of likely N-dealkylation sites (N-methyl/N-ethyl adjacent to an activating group) is 1. The van der Waals surface area contributed by atoms with E-state index in [2.05, 4.69) is 25.5 Å². The zero-order valence-electron chi connectivity index (χ0n) is 11.6. The van der Waals surface area contributed by atoms with Gasteiger partial charge in [0.2, 0.25) is 0 Å². The first-order valence-corrected chi connectivity index (χ1v) is 6.11. The first-order chi connectivity index (χ1) is 9.13. The molecule has 0 unspecified atom stereocenters. The van der Waals surface area contributed by atoms with E-state index in [-0.39, 0.29) is 5.91 Å². The highest BCUT2D eigenvalue weighted by Gasteiger charge is 2.07. The lowest BCUT2D eigenvalue weighted by Crippen LogP contribution is -2.28. The fourth-order valence-corrected chi connectivity index (χ4v) is 1.34. The number of ether oxygens (including phenoxy) is 1. The minimum atomic E-state index is -0.227. The maximum Gasteiger partial charge on any atom is 0.270 e. The summed E-state index contributed by atoms with van der Waals surface area (Å²) in [5.41, 5.74) is 0.346. The molecular weight excluding hydrogens is 246 g/mol. The van der Waals surface area contributed by atoms with Gasteiger partial charge in [0.1, 0.15) is 17.8 Å². The van der Waals surface area contributed by atoms with Crippen molar-refractivity contribution in [1.82, 2.24) is 20.2 Å². The number of amides is 1. The third kappa shape index (κ3) is 6.12. The van der Waals surface area contributed by atoms with Crippen LogP contribution in [0.25, 0.3) is 0 Å². The summed E-state index contributed by atoms with van der Waals surface area (Å²) in [6.45, 7) is 2.58. The van der Waals surface area contributed by atoms with E-state index in [1.165, 1.54) is 6.33 Å². The third-order valence-electron chi connectivity index (χ3n) is 2.36. The van der Waals surface area contributed by atoms with Gasteiger partial charge in [0.05, 0.1) is 6.61 Å². The van der Waals surface area contributed by atoms with Crippen LogP contribution in [0, 0.1) is 0 Å². The van der Waals surface area contributed by atoms with Crippen LogP contribution < -0.4 is 10.6 Å². The molecule has 0 aliphatic heterocycles. The Labute approximate surface area is 113 Å². The first kappa shape index (κ1) is 15.3. The van der Waals surface area contributed by atoms with Crippen LogP contribution in [-0.2, 0) is 4.74 Å². The number of rotatable bonds is 8. The SMILES string of the molecule is COCCNC(=O)c1cc(NCCN(C)C)ncn1. The van der Waals surface area contributed by atoms with Crippen LogP contribution in [-0.4, -0.2) is 68.2 Å².